The fourth-order valence-electron chi connectivity index (χ4n) is 1.18. The Morgan fingerprint density at radius 1 is 1.47 bits per heavy atom. The Balaban J connectivity index is 2.71. The maximum absolute atomic E-state index is 11.8. The van der Waals surface area contributed by atoms with Crippen molar-refractivity contribution < 1.29 is 15.0 Å². The zero-order valence-corrected chi connectivity index (χ0v) is 9.33. The molecular weight excluding hydrogens is 216 g/mol. The first kappa shape index (κ1) is 12.1. The van der Waals surface area contributed by atoms with Gasteiger partial charge in [-0.3, -0.25) is 4.79 Å². The molecule has 0 bridgehead atoms. The molecule has 0 aromatic carbocycles. The van der Waals surface area contributed by atoms with Crippen molar-refractivity contribution in [2.75, 3.05) is 26.3 Å². The molecule has 0 atom stereocenters. The van der Waals surface area contributed by atoms with Gasteiger partial charge in [-0.25, -0.2) is 4.98 Å². The summed E-state index contributed by atoms with van der Waals surface area (Å²) in [6.07, 6.45) is 0. The number of nitrogens with zero attached hydrogens (tertiary/aromatic N) is 2. The number of amides is 1. The predicted molar refractivity (Wildman–Crippen MR) is 56.9 cm³/mol. The van der Waals surface area contributed by atoms with Crippen molar-refractivity contribution >= 4 is 17.2 Å². The van der Waals surface area contributed by atoms with Crippen molar-refractivity contribution in [2.24, 2.45) is 0 Å². The molecule has 0 saturated carbocycles. The van der Waals surface area contributed by atoms with Crippen molar-refractivity contribution in [2.45, 2.75) is 6.92 Å². The molecule has 15 heavy (non-hydrogen) atoms. The van der Waals surface area contributed by atoms with E-state index in [1.807, 2.05) is 6.92 Å². The van der Waals surface area contributed by atoms with E-state index in [-0.39, 0.29) is 32.2 Å². The standard InChI is InChI=1S/C9H14N2O3S/c1-7-10-8(6-15-7)9(14)11(2-4-12)3-5-13/h6,12-13H,2-5H2,1H3. The normalized spacial score (nSPS) is 10.3. The fraction of sp³-hybridized carbons (Fsp3) is 0.556. The van der Waals surface area contributed by atoms with Gasteiger partial charge in [0.15, 0.2) is 0 Å². The zero-order valence-electron chi connectivity index (χ0n) is 8.51. The number of aliphatic hydroxyl groups is 2. The van der Waals surface area contributed by atoms with Gasteiger partial charge in [0.25, 0.3) is 5.91 Å². The number of rotatable bonds is 5. The zero-order chi connectivity index (χ0) is 11.3. The SMILES string of the molecule is Cc1nc(C(=O)N(CCO)CCO)cs1. The fourth-order valence-corrected chi connectivity index (χ4v) is 1.77. The summed E-state index contributed by atoms with van der Waals surface area (Å²) in [5, 5.41) is 20.0. The number of hydrogen-bond acceptors (Lipinski definition) is 5. The summed E-state index contributed by atoms with van der Waals surface area (Å²) in [4.78, 5) is 17.2. The summed E-state index contributed by atoms with van der Waals surface area (Å²) in [6, 6.07) is 0. The van der Waals surface area contributed by atoms with E-state index in [0.717, 1.165) is 5.01 Å². The Labute approximate surface area is 92.0 Å². The highest BCUT2D eigenvalue weighted by Crippen LogP contribution is 2.10. The molecule has 0 aliphatic heterocycles. The topological polar surface area (TPSA) is 73.7 Å². The maximum atomic E-state index is 11.8. The smallest absolute Gasteiger partial charge is 0.273 e. The average Bonchev–Trinajstić information content (AvgIpc) is 2.63. The van der Waals surface area contributed by atoms with Crippen LogP contribution in [-0.4, -0.2) is 52.3 Å². The Kier molecular flexibility index (Phi) is 4.67. The summed E-state index contributed by atoms with van der Waals surface area (Å²) in [5.41, 5.74) is 0.374. The minimum atomic E-state index is -0.248. The molecule has 0 aliphatic rings. The largest absolute Gasteiger partial charge is 0.395 e. The minimum absolute atomic E-state index is 0.116. The van der Waals surface area contributed by atoms with Gasteiger partial charge in [-0.05, 0) is 6.92 Å². The lowest BCUT2D eigenvalue weighted by Gasteiger charge is -2.19. The second kappa shape index (κ2) is 5.79. The minimum Gasteiger partial charge on any atom is -0.395 e. The van der Waals surface area contributed by atoms with E-state index in [9.17, 15) is 4.79 Å². The van der Waals surface area contributed by atoms with Gasteiger partial charge in [0.05, 0.1) is 18.2 Å². The van der Waals surface area contributed by atoms with Crippen LogP contribution >= 0.6 is 11.3 Å². The number of carbonyl (C=O) groups excluding carboxylic acids is 1. The van der Waals surface area contributed by atoms with Gasteiger partial charge in [0.1, 0.15) is 5.69 Å². The summed E-state index contributed by atoms with van der Waals surface area (Å²) < 4.78 is 0. The molecular formula is C9H14N2O3S. The molecule has 1 aromatic rings. The monoisotopic (exact) mass is 230 g/mol. The van der Waals surface area contributed by atoms with E-state index >= 15 is 0 Å². The van der Waals surface area contributed by atoms with Crippen LogP contribution in [0.5, 0.6) is 0 Å². The molecule has 84 valence electrons. The molecule has 0 fully saturated rings. The van der Waals surface area contributed by atoms with Crippen LogP contribution in [0, 0.1) is 6.92 Å². The van der Waals surface area contributed by atoms with Gasteiger partial charge in [-0.15, -0.1) is 11.3 Å². The summed E-state index contributed by atoms with van der Waals surface area (Å²) in [7, 11) is 0. The van der Waals surface area contributed by atoms with Gasteiger partial charge in [-0.1, -0.05) is 0 Å². The second-order valence-corrected chi connectivity index (χ2v) is 4.05. The van der Waals surface area contributed by atoms with E-state index in [2.05, 4.69) is 4.98 Å². The van der Waals surface area contributed by atoms with E-state index < -0.39 is 0 Å². The molecule has 0 unspecified atom stereocenters. The van der Waals surface area contributed by atoms with E-state index in [1.54, 1.807) is 5.38 Å². The van der Waals surface area contributed by atoms with Crippen LogP contribution in [0.2, 0.25) is 0 Å². The highest BCUT2D eigenvalue weighted by molar-refractivity contribution is 7.09. The van der Waals surface area contributed by atoms with Crippen LogP contribution in [0.1, 0.15) is 15.5 Å². The molecule has 1 aromatic heterocycles. The second-order valence-electron chi connectivity index (χ2n) is 2.99. The first-order chi connectivity index (χ1) is 7.19. The first-order valence-electron chi connectivity index (χ1n) is 4.62. The molecule has 1 heterocycles. The predicted octanol–water partition coefficient (Wildman–Crippen LogP) is -0.122. The third-order valence-electron chi connectivity index (χ3n) is 1.87. The third-order valence-corrected chi connectivity index (χ3v) is 2.64. The Morgan fingerprint density at radius 2 is 2.07 bits per heavy atom. The maximum Gasteiger partial charge on any atom is 0.273 e. The molecule has 6 heteroatoms. The Hall–Kier alpha value is -0.980. The van der Waals surface area contributed by atoms with Crippen molar-refractivity contribution in [3.05, 3.63) is 16.1 Å². The number of hydrogen-bond donors (Lipinski definition) is 2. The molecule has 0 spiro atoms. The number of aliphatic hydroxyl groups excluding tert-OH is 2. The van der Waals surface area contributed by atoms with Crippen molar-refractivity contribution in [1.82, 2.24) is 9.88 Å². The highest BCUT2D eigenvalue weighted by Gasteiger charge is 2.16. The van der Waals surface area contributed by atoms with Gasteiger partial charge in [-0.2, -0.15) is 0 Å². The van der Waals surface area contributed by atoms with Crippen molar-refractivity contribution in [3.8, 4) is 0 Å². The Bertz CT molecular complexity index is 321. The molecule has 2 N–H and O–H groups in total. The highest BCUT2D eigenvalue weighted by atomic mass is 32.1. The number of aromatic nitrogens is 1. The molecule has 1 amide bonds. The third kappa shape index (κ3) is 3.26. The van der Waals surface area contributed by atoms with E-state index in [1.165, 1.54) is 16.2 Å². The van der Waals surface area contributed by atoms with Crippen molar-refractivity contribution in [3.63, 3.8) is 0 Å². The number of aryl methyl sites for hydroxylation is 1. The van der Waals surface area contributed by atoms with Crippen LogP contribution in [0.4, 0.5) is 0 Å². The van der Waals surface area contributed by atoms with Crippen LogP contribution < -0.4 is 0 Å². The van der Waals surface area contributed by atoms with Crippen LogP contribution in [-0.2, 0) is 0 Å². The van der Waals surface area contributed by atoms with Gasteiger partial charge in [0, 0.05) is 18.5 Å². The lowest BCUT2D eigenvalue weighted by atomic mass is 10.3. The number of carbonyl (C=O) groups is 1. The molecule has 0 radical (unpaired) electrons. The molecule has 5 nitrogen and oxygen atoms in total. The Morgan fingerprint density at radius 3 is 2.47 bits per heavy atom. The lowest BCUT2D eigenvalue weighted by molar-refractivity contribution is 0.0679. The lowest BCUT2D eigenvalue weighted by Crippen LogP contribution is -2.36. The quantitative estimate of drug-likeness (QED) is 0.739. The van der Waals surface area contributed by atoms with E-state index in [0.29, 0.717) is 5.69 Å². The molecule has 0 aliphatic carbocycles. The van der Waals surface area contributed by atoms with Crippen LogP contribution in [0.15, 0.2) is 5.38 Å². The van der Waals surface area contributed by atoms with Gasteiger partial charge < -0.3 is 15.1 Å². The molecule has 1 rings (SSSR count). The van der Waals surface area contributed by atoms with Gasteiger partial charge in [0.2, 0.25) is 0 Å². The number of thiazole rings is 1. The average molecular weight is 230 g/mol. The summed E-state index contributed by atoms with van der Waals surface area (Å²) >= 11 is 1.40. The molecule has 0 saturated heterocycles. The van der Waals surface area contributed by atoms with Crippen LogP contribution in [0.3, 0.4) is 0 Å². The summed E-state index contributed by atoms with van der Waals surface area (Å²) in [6.45, 7) is 2.03. The van der Waals surface area contributed by atoms with Crippen LogP contribution in [0.25, 0.3) is 0 Å². The van der Waals surface area contributed by atoms with Crippen molar-refractivity contribution in [1.29, 1.82) is 0 Å². The van der Waals surface area contributed by atoms with Gasteiger partial charge >= 0.3 is 0 Å². The first-order valence-corrected chi connectivity index (χ1v) is 5.50. The summed E-state index contributed by atoms with van der Waals surface area (Å²) in [5.74, 6) is -0.248. The van der Waals surface area contributed by atoms with E-state index in [4.69, 9.17) is 10.2 Å².